The Kier molecular flexibility index (Phi) is 3.56. The Morgan fingerprint density at radius 3 is 2.84 bits per heavy atom. The van der Waals surface area contributed by atoms with Crippen LogP contribution in [0, 0.1) is 5.92 Å². The van der Waals surface area contributed by atoms with Crippen LogP contribution in [-0.4, -0.2) is 5.91 Å². The van der Waals surface area contributed by atoms with Crippen LogP contribution in [0.5, 0.6) is 0 Å². The van der Waals surface area contributed by atoms with Crippen LogP contribution in [0.3, 0.4) is 0 Å². The highest BCUT2D eigenvalue weighted by atomic mass is 16.1. The van der Waals surface area contributed by atoms with E-state index in [1.165, 1.54) is 37.7 Å². The van der Waals surface area contributed by atoms with Gasteiger partial charge in [-0.05, 0) is 29.5 Å². The molecule has 1 aromatic carbocycles. The zero-order chi connectivity index (χ0) is 13.2. The minimum absolute atomic E-state index is 0.0907. The van der Waals surface area contributed by atoms with Crippen LogP contribution in [0.4, 0.5) is 5.69 Å². The Bertz CT molecular complexity index is 478. The van der Waals surface area contributed by atoms with Gasteiger partial charge in [0, 0.05) is 11.7 Å². The van der Waals surface area contributed by atoms with E-state index in [0.29, 0.717) is 6.42 Å². The van der Waals surface area contributed by atoms with Gasteiger partial charge in [-0.1, -0.05) is 44.2 Å². The van der Waals surface area contributed by atoms with Crippen molar-refractivity contribution >= 4 is 11.6 Å². The molecule has 1 fully saturated rings. The quantitative estimate of drug-likeness (QED) is 0.875. The number of fused-ring (bicyclic) bond motifs is 1. The first-order chi connectivity index (χ1) is 9.22. The maximum Gasteiger partial charge on any atom is 0.228 e. The Labute approximate surface area is 114 Å². The largest absolute Gasteiger partial charge is 0.326 e. The van der Waals surface area contributed by atoms with Crippen molar-refractivity contribution in [2.75, 3.05) is 5.32 Å². The van der Waals surface area contributed by atoms with Gasteiger partial charge < -0.3 is 11.1 Å². The summed E-state index contributed by atoms with van der Waals surface area (Å²) in [7, 11) is 0. The number of benzene rings is 1. The molecule has 0 aromatic heterocycles. The lowest BCUT2D eigenvalue weighted by molar-refractivity contribution is -0.115. The van der Waals surface area contributed by atoms with Crippen LogP contribution >= 0.6 is 0 Å². The van der Waals surface area contributed by atoms with Gasteiger partial charge in [-0.25, -0.2) is 0 Å². The standard InChI is InChI=1S/C16H22N2O/c17-14(8-11-4-2-1-3-5-11)12-6-7-15-13(9-12)10-16(19)18-15/h6-7,9,11,14H,1-5,8,10,17H2,(H,18,19). The van der Waals surface area contributed by atoms with Gasteiger partial charge >= 0.3 is 0 Å². The molecule has 1 aliphatic carbocycles. The number of carbonyl (C=O) groups is 1. The summed E-state index contributed by atoms with van der Waals surface area (Å²) in [5.74, 6) is 0.879. The van der Waals surface area contributed by atoms with Crippen molar-refractivity contribution < 1.29 is 4.79 Å². The minimum Gasteiger partial charge on any atom is -0.326 e. The first-order valence-electron chi connectivity index (χ1n) is 7.40. The number of nitrogens with one attached hydrogen (secondary N) is 1. The van der Waals surface area contributed by atoms with E-state index in [1.54, 1.807) is 0 Å². The second-order valence-electron chi connectivity index (χ2n) is 5.99. The van der Waals surface area contributed by atoms with Gasteiger partial charge in [-0.2, -0.15) is 0 Å². The fourth-order valence-electron chi connectivity index (χ4n) is 3.40. The van der Waals surface area contributed by atoms with E-state index < -0.39 is 0 Å². The smallest absolute Gasteiger partial charge is 0.228 e. The molecule has 0 bridgehead atoms. The summed E-state index contributed by atoms with van der Waals surface area (Å²) in [6.07, 6.45) is 8.36. The molecule has 1 unspecified atom stereocenters. The Morgan fingerprint density at radius 1 is 1.26 bits per heavy atom. The molecule has 0 radical (unpaired) electrons. The summed E-state index contributed by atoms with van der Waals surface area (Å²) in [5, 5.41) is 2.87. The van der Waals surface area contributed by atoms with E-state index in [-0.39, 0.29) is 11.9 Å². The molecule has 1 aliphatic heterocycles. The highest BCUT2D eigenvalue weighted by molar-refractivity contribution is 5.99. The van der Waals surface area contributed by atoms with Gasteiger partial charge in [0.15, 0.2) is 0 Å². The van der Waals surface area contributed by atoms with Crippen molar-refractivity contribution in [1.82, 2.24) is 0 Å². The zero-order valence-corrected chi connectivity index (χ0v) is 11.3. The normalized spacial score (nSPS) is 21.0. The third-order valence-electron chi connectivity index (χ3n) is 4.49. The molecule has 1 aromatic rings. The molecule has 1 saturated carbocycles. The minimum atomic E-state index is 0.0907. The van der Waals surface area contributed by atoms with Gasteiger partial charge in [0.1, 0.15) is 0 Å². The number of amides is 1. The third kappa shape index (κ3) is 2.81. The summed E-state index contributed by atoms with van der Waals surface area (Å²) < 4.78 is 0. The Morgan fingerprint density at radius 2 is 2.05 bits per heavy atom. The van der Waals surface area contributed by atoms with Crippen molar-refractivity contribution in [3.63, 3.8) is 0 Å². The molecule has 0 spiro atoms. The van der Waals surface area contributed by atoms with Crippen LogP contribution in [0.15, 0.2) is 18.2 Å². The summed E-state index contributed by atoms with van der Waals surface area (Å²) >= 11 is 0. The molecule has 3 heteroatoms. The Balaban J connectivity index is 1.68. The number of hydrogen-bond donors (Lipinski definition) is 2. The molecular formula is C16H22N2O. The molecule has 3 rings (SSSR count). The number of hydrogen-bond acceptors (Lipinski definition) is 2. The molecule has 1 amide bonds. The number of nitrogens with two attached hydrogens (primary N) is 1. The van der Waals surface area contributed by atoms with Crippen LogP contribution < -0.4 is 11.1 Å². The van der Waals surface area contributed by atoms with E-state index in [9.17, 15) is 4.79 Å². The van der Waals surface area contributed by atoms with E-state index in [2.05, 4.69) is 17.4 Å². The monoisotopic (exact) mass is 258 g/mol. The molecule has 3 N–H and O–H groups in total. The first-order valence-corrected chi connectivity index (χ1v) is 7.40. The molecule has 0 saturated heterocycles. The lowest BCUT2D eigenvalue weighted by Crippen LogP contribution is -2.17. The molecule has 102 valence electrons. The number of rotatable bonds is 3. The Hall–Kier alpha value is -1.35. The van der Waals surface area contributed by atoms with Gasteiger partial charge in [0.25, 0.3) is 0 Å². The van der Waals surface area contributed by atoms with Crippen LogP contribution in [-0.2, 0) is 11.2 Å². The molecule has 2 aliphatic rings. The van der Waals surface area contributed by atoms with Gasteiger partial charge in [-0.3, -0.25) is 4.79 Å². The molecular weight excluding hydrogens is 236 g/mol. The number of anilines is 1. The zero-order valence-electron chi connectivity index (χ0n) is 11.3. The second-order valence-corrected chi connectivity index (χ2v) is 5.99. The lowest BCUT2D eigenvalue weighted by atomic mass is 9.83. The molecule has 1 heterocycles. The van der Waals surface area contributed by atoms with Crippen molar-refractivity contribution in [2.45, 2.75) is 51.0 Å². The fraction of sp³-hybridized carbons (Fsp3) is 0.562. The predicted molar refractivity (Wildman–Crippen MR) is 76.9 cm³/mol. The SMILES string of the molecule is NC(CC1CCCCC1)c1ccc2c(c1)CC(=O)N2. The first kappa shape index (κ1) is 12.7. The van der Waals surface area contributed by atoms with Crippen molar-refractivity contribution in [1.29, 1.82) is 0 Å². The van der Waals surface area contributed by atoms with E-state index in [0.717, 1.165) is 23.6 Å². The summed E-state index contributed by atoms with van der Waals surface area (Å²) in [6, 6.07) is 6.29. The van der Waals surface area contributed by atoms with Crippen LogP contribution in [0.2, 0.25) is 0 Å². The fourth-order valence-corrected chi connectivity index (χ4v) is 3.40. The molecule has 3 nitrogen and oxygen atoms in total. The van der Waals surface area contributed by atoms with E-state index in [4.69, 9.17) is 5.73 Å². The lowest BCUT2D eigenvalue weighted by Gasteiger charge is -2.25. The van der Waals surface area contributed by atoms with Crippen molar-refractivity contribution in [3.05, 3.63) is 29.3 Å². The summed E-state index contributed by atoms with van der Waals surface area (Å²) in [4.78, 5) is 11.4. The molecule has 1 atom stereocenters. The maximum absolute atomic E-state index is 11.4. The van der Waals surface area contributed by atoms with Gasteiger partial charge in [0.2, 0.25) is 5.91 Å². The average Bonchev–Trinajstić information content (AvgIpc) is 2.78. The van der Waals surface area contributed by atoms with Crippen LogP contribution in [0.25, 0.3) is 0 Å². The summed E-state index contributed by atoms with van der Waals surface area (Å²) in [6.45, 7) is 0. The van der Waals surface area contributed by atoms with Gasteiger partial charge in [-0.15, -0.1) is 0 Å². The van der Waals surface area contributed by atoms with E-state index >= 15 is 0 Å². The number of carbonyl (C=O) groups excluding carboxylic acids is 1. The van der Waals surface area contributed by atoms with E-state index in [1.807, 2.05) is 6.07 Å². The summed E-state index contributed by atoms with van der Waals surface area (Å²) in [5.41, 5.74) is 9.59. The second kappa shape index (κ2) is 5.33. The topological polar surface area (TPSA) is 55.1 Å². The predicted octanol–water partition coefficient (Wildman–Crippen LogP) is 3.15. The van der Waals surface area contributed by atoms with Crippen molar-refractivity contribution in [2.24, 2.45) is 11.7 Å². The van der Waals surface area contributed by atoms with Gasteiger partial charge in [0.05, 0.1) is 6.42 Å². The molecule has 19 heavy (non-hydrogen) atoms. The third-order valence-corrected chi connectivity index (χ3v) is 4.49. The maximum atomic E-state index is 11.4. The highest BCUT2D eigenvalue weighted by Gasteiger charge is 2.21. The van der Waals surface area contributed by atoms with Crippen LogP contribution in [0.1, 0.15) is 55.7 Å². The average molecular weight is 258 g/mol. The highest BCUT2D eigenvalue weighted by Crippen LogP contribution is 2.32. The van der Waals surface area contributed by atoms with Crippen molar-refractivity contribution in [3.8, 4) is 0 Å².